The minimum Gasteiger partial charge on any atom is -0.394 e. The average molecular weight is 511 g/mol. The summed E-state index contributed by atoms with van der Waals surface area (Å²) < 4.78 is 4.21. The van der Waals surface area contributed by atoms with E-state index in [4.69, 9.17) is 21.7 Å². The van der Waals surface area contributed by atoms with Crippen molar-refractivity contribution in [1.82, 2.24) is 14.2 Å². The zero-order valence-electron chi connectivity index (χ0n) is 19.1. The van der Waals surface area contributed by atoms with Crippen LogP contribution in [0, 0.1) is 0 Å². The number of aliphatic imine (C=N–C) groups is 1. The Kier molecular flexibility index (Phi) is 7.00. The van der Waals surface area contributed by atoms with Crippen LogP contribution in [0.3, 0.4) is 0 Å². The van der Waals surface area contributed by atoms with Crippen molar-refractivity contribution in [2.24, 2.45) is 4.99 Å². The molecule has 3 heterocycles. The van der Waals surface area contributed by atoms with Gasteiger partial charge in [0.2, 0.25) is 0 Å². The highest BCUT2D eigenvalue weighted by molar-refractivity contribution is 8.00. The SMILES string of the molecule is O=C1NC(c2ccc(Cl)cc2)=NC12CCN(S/C=C/c1cccc3c1ccn3CC(O)CO)CC2. The van der Waals surface area contributed by atoms with Crippen LogP contribution < -0.4 is 5.32 Å². The monoisotopic (exact) mass is 510 g/mol. The third-order valence-corrected chi connectivity index (χ3v) is 7.74. The number of rotatable bonds is 7. The van der Waals surface area contributed by atoms with E-state index in [1.165, 1.54) is 0 Å². The highest BCUT2D eigenvalue weighted by Gasteiger charge is 2.45. The van der Waals surface area contributed by atoms with E-state index in [0.717, 1.165) is 35.1 Å². The van der Waals surface area contributed by atoms with Crippen LogP contribution >= 0.6 is 23.5 Å². The largest absolute Gasteiger partial charge is 0.394 e. The van der Waals surface area contributed by atoms with Gasteiger partial charge in [-0.3, -0.25) is 9.79 Å². The number of carbonyl (C=O) groups excluding carboxylic acids is 1. The van der Waals surface area contributed by atoms with E-state index >= 15 is 0 Å². The number of hydrogen-bond acceptors (Lipinski definition) is 6. The van der Waals surface area contributed by atoms with Gasteiger partial charge in [0.15, 0.2) is 0 Å². The predicted molar refractivity (Wildman–Crippen MR) is 141 cm³/mol. The fraction of sp³-hybridized carbons (Fsp3) is 0.308. The molecule has 1 atom stereocenters. The second kappa shape index (κ2) is 10.2. The minimum absolute atomic E-state index is 0.0230. The van der Waals surface area contributed by atoms with E-state index in [1.54, 1.807) is 24.1 Å². The molecule has 0 saturated carbocycles. The Morgan fingerprint density at radius 3 is 2.69 bits per heavy atom. The van der Waals surface area contributed by atoms with Crippen molar-refractivity contribution in [2.45, 2.75) is 31.0 Å². The standard InChI is InChI=1S/C26H27ClN4O3S/c27-20-6-4-19(5-7-20)24-28-25(34)26(29-24)10-13-31(14-11-26)35-15-9-18-2-1-3-23-22(18)8-12-30(23)16-21(33)17-32/h1-9,12,15,21,32-33H,10-11,13-14,16-17H2,(H,28,29,34)/b15-9+. The summed E-state index contributed by atoms with van der Waals surface area (Å²) in [5.74, 6) is 0.601. The Hall–Kier alpha value is -2.62. The van der Waals surface area contributed by atoms with E-state index in [0.29, 0.717) is 30.2 Å². The smallest absolute Gasteiger partial charge is 0.253 e. The number of aromatic nitrogens is 1. The molecule has 1 amide bonds. The van der Waals surface area contributed by atoms with Gasteiger partial charge in [-0.05, 0) is 66.3 Å². The highest BCUT2D eigenvalue weighted by Crippen LogP contribution is 2.34. The third kappa shape index (κ3) is 5.03. The lowest BCUT2D eigenvalue weighted by Gasteiger charge is -2.34. The summed E-state index contributed by atoms with van der Waals surface area (Å²) >= 11 is 7.62. The van der Waals surface area contributed by atoms with Crippen molar-refractivity contribution in [3.05, 3.63) is 76.3 Å². The van der Waals surface area contributed by atoms with Gasteiger partial charge >= 0.3 is 0 Å². The van der Waals surface area contributed by atoms with E-state index < -0.39 is 11.6 Å². The fourth-order valence-electron chi connectivity index (χ4n) is 4.59. The summed E-state index contributed by atoms with van der Waals surface area (Å²) in [5, 5.41) is 25.7. The van der Waals surface area contributed by atoms with Crippen LogP contribution in [-0.2, 0) is 11.3 Å². The first-order valence-electron chi connectivity index (χ1n) is 11.6. The van der Waals surface area contributed by atoms with Gasteiger partial charge in [0.25, 0.3) is 5.91 Å². The molecular formula is C26H27ClN4O3S. The summed E-state index contributed by atoms with van der Waals surface area (Å²) in [6.07, 6.45) is 4.58. The second-order valence-corrected chi connectivity index (χ2v) is 10.3. The lowest BCUT2D eigenvalue weighted by atomic mass is 9.89. The van der Waals surface area contributed by atoms with E-state index in [-0.39, 0.29) is 12.5 Å². The molecule has 2 aliphatic heterocycles. The number of amides is 1. The molecule has 0 bridgehead atoms. The number of halogens is 1. The van der Waals surface area contributed by atoms with Gasteiger partial charge in [0, 0.05) is 40.8 Å². The topological polar surface area (TPSA) is 90.1 Å². The number of nitrogens with zero attached hydrogens (tertiary/aromatic N) is 3. The zero-order chi connectivity index (χ0) is 24.4. The molecule has 0 radical (unpaired) electrons. The van der Waals surface area contributed by atoms with Crippen LogP contribution in [0.25, 0.3) is 17.0 Å². The molecule has 2 aliphatic rings. The van der Waals surface area contributed by atoms with Crippen molar-refractivity contribution in [1.29, 1.82) is 0 Å². The number of benzene rings is 2. The summed E-state index contributed by atoms with van der Waals surface area (Å²) in [7, 11) is 0. The second-order valence-electron chi connectivity index (χ2n) is 8.87. The molecule has 3 aromatic rings. The number of amidine groups is 1. The number of nitrogens with one attached hydrogen (secondary N) is 1. The molecule has 35 heavy (non-hydrogen) atoms. The fourth-order valence-corrected chi connectivity index (χ4v) is 5.49. The molecule has 0 aliphatic carbocycles. The highest BCUT2D eigenvalue weighted by atomic mass is 35.5. The number of piperidine rings is 1. The van der Waals surface area contributed by atoms with Crippen LogP contribution in [0.5, 0.6) is 0 Å². The van der Waals surface area contributed by atoms with Crippen molar-refractivity contribution in [3.63, 3.8) is 0 Å². The molecule has 1 spiro atoms. The molecule has 1 unspecified atom stereocenters. The van der Waals surface area contributed by atoms with E-state index in [1.807, 2.05) is 41.1 Å². The molecule has 9 heteroatoms. The molecule has 2 aromatic carbocycles. The van der Waals surface area contributed by atoms with Gasteiger partial charge in [-0.15, -0.1) is 0 Å². The lowest BCUT2D eigenvalue weighted by Crippen LogP contribution is -2.47. The lowest BCUT2D eigenvalue weighted by molar-refractivity contribution is -0.124. The molecule has 1 aromatic heterocycles. The van der Waals surface area contributed by atoms with Crippen molar-refractivity contribution < 1.29 is 15.0 Å². The van der Waals surface area contributed by atoms with Crippen molar-refractivity contribution in [3.8, 4) is 0 Å². The van der Waals surface area contributed by atoms with E-state index in [2.05, 4.69) is 27.2 Å². The maximum atomic E-state index is 12.8. The first kappa shape index (κ1) is 24.1. The normalized spacial score (nSPS) is 18.9. The van der Waals surface area contributed by atoms with Crippen LogP contribution in [0.2, 0.25) is 5.02 Å². The zero-order valence-corrected chi connectivity index (χ0v) is 20.7. The summed E-state index contributed by atoms with van der Waals surface area (Å²) in [5.41, 5.74) is 2.29. The molecular weight excluding hydrogens is 484 g/mol. The Bertz CT molecular complexity index is 1280. The first-order chi connectivity index (χ1) is 17.0. The molecule has 7 nitrogen and oxygen atoms in total. The van der Waals surface area contributed by atoms with Crippen LogP contribution in [0.4, 0.5) is 0 Å². The Morgan fingerprint density at radius 2 is 1.94 bits per heavy atom. The van der Waals surface area contributed by atoms with Gasteiger partial charge < -0.3 is 20.1 Å². The van der Waals surface area contributed by atoms with Crippen molar-refractivity contribution in [2.75, 3.05) is 19.7 Å². The number of carbonyl (C=O) groups is 1. The predicted octanol–water partition coefficient (Wildman–Crippen LogP) is 3.68. The van der Waals surface area contributed by atoms with Gasteiger partial charge in [-0.1, -0.05) is 35.7 Å². The van der Waals surface area contributed by atoms with Crippen LogP contribution in [0.15, 0.2) is 65.1 Å². The maximum Gasteiger partial charge on any atom is 0.253 e. The molecule has 182 valence electrons. The number of aliphatic hydroxyl groups excluding tert-OH is 2. The third-order valence-electron chi connectivity index (χ3n) is 6.57. The van der Waals surface area contributed by atoms with E-state index in [9.17, 15) is 9.90 Å². The number of fused-ring (bicyclic) bond motifs is 1. The number of hydrogen-bond donors (Lipinski definition) is 3. The molecule has 1 fully saturated rings. The Morgan fingerprint density at radius 1 is 1.17 bits per heavy atom. The van der Waals surface area contributed by atoms with Crippen molar-refractivity contribution >= 4 is 52.3 Å². The summed E-state index contributed by atoms with van der Waals surface area (Å²) in [4.78, 5) is 17.6. The van der Waals surface area contributed by atoms with Crippen LogP contribution in [-0.4, -0.2) is 62.2 Å². The molecule has 3 N–H and O–H groups in total. The van der Waals surface area contributed by atoms with Crippen LogP contribution in [0.1, 0.15) is 24.0 Å². The average Bonchev–Trinajstić information content (AvgIpc) is 3.42. The maximum absolute atomic E-state index is 12.8. The van der Waals surface area contributed by atoms with Gasteiger partial charge in [0.05, 0.1) is 19.3 Å². The molecule has 5 rings (SSSR count). The Balaban J connectivity index is 1.21. The number of aliphatic hydroxyl groups is 2. The van der Waals surface area contributed by atoms with Gasteiger partial charge in [-0.25, -0.2) is 4.31 Å². The first-order valence-corrected chi connectivity index (χ1v) is 12.8. The molecule has 1 saturated heterocycles. The summed E-state index contributed by atoms with van der Waals surface area (Å²) in [6.45, 7) is 1.62. The summed E-state index contributed by atoms with van der Waals surface area (Å²) in [6, 6.07) is 15.5. The quantitative estimate of drug-likeness (QED) is 0.422. The van der Waals surface area contributed by atoms with Gasteiger partial charge in [-0.2, -0.15) is 0 Å². The minimum atomic E-state index is -0.781. The Labute approximate surface area is 213 Å². The van der Waals surface area contributed by atoms with Gasteiger partial charge in [0.1, 0.15) is 11.4 Å².